The molecule has 4 rings (SSSR count). The SMILES string of the molecule is COc1cccc(COc2nc(C)n(-c3cc(-c4nc(C(C)C)ncc4C)ccc3Cl)c(=O)c2Br)c1. The van der Waals surface area contributed by atoms with Crippen LogP contribution in [0.1, 0.15) is 42.5 Å². The maximum Gasteiger partial charge on any atom is 0.276 e. The largest absolute Gasteiger partial charge is 0.497 e. The lowest BCUT2D eigenvalue weighted by atomic mass is 10.1. The monoisotopic (exact) mass is 568 g/mol. The predicted molar refractivity (Wildman–Crippen MR) is 144 cm³/mol. The second-order valence-electron chi connectivity index (χ2n) is 8.64. The fraction of sp³-hybridized carbons (Fsp3) is 0.259. The van der Waals surface area contributed by atoms with Crippen LogP contribution in [0.25, 0.3) is 16.9 Å². The normalized spacial score (nSPS) is 11.1. The number of hydrogen-bond acceptors (Lipinski definition) is 6. The number of aryl methyl sites for hydroxylation is 2. The second kappa shape index (κ2) is 10.8. The van der Waals surface area contributed by atoms with Crippen molar-refractivity contribution in [2.24, 2.45) is 0 Å². The van der Waals surface area contributed by atoms with Crippen molar-refractivity contribution in [2.75, 3.05) is 7.11 Å². The van der Waals surface area contributed by atoms with Crippen molar-refractivity contribution < 1.29 is 9.47 Å². The number of nitrogens with zero attached hydrogens (tertiary/aromatic N) is 4. The summed E-state index contributed by atoms with van der Waals surface area (Å²) >= 11 is 9.95. The van der Waals surface area contributed by atoms with E-state index in [-0.39, 0.29) is 28.4 Å². The summed E-state index contributed by atoms with van der Waals surface area (Å²) in [4.78, 5) is 27.2. The molecule has 4 aromatic rings. The first-order valence-corrected chi connectivity index (χ1v) is 12.6. The van der Waals surface area contributed by atoms with E-state index in [1.807, 2.05) is 63.4 Å². The Kier molecular flexibility index (Phi) is 7.76. The van der Waals surface area contributed by atoms with E-state index < -0.39 is 0 Å². The topological polar surface area (TPSA) is 79.1 Å². The highest BCUT2D eigenvalue weighted by molar-refractivity contribution is 9.10. The van der Waals surface area contributed by atoms with E-state index in [2.05, 4.69) is 25.9 Å². The van der Waals surface area contributed by atoms with Crippen molar-refractivity contribution in [3.63, 3.8) is 0 Å². The number of rotatable bonds is 7. The summed E-state index contributed by atoms with van der Waals surface area (Å²) in [5, 5.41) is 0.415. The van der Waals surface area contributed by atoms with Crippen molar-refractivity contribution in [3.05, 3.63) is 91.3 Å². The molecular weight excluding hydrogens is 544 g/mol. The molecule has 0 N–H and O–H groups in total. The molecule has 2 heterocycles. The van der Waals surface area contributed by atoms with Gasteiger partial charge in [0, 0.05) is 17.7 Å². The molecule has 0 radical (unpaired) electrons. The zero-order chi connectivity index (χ0) is 26.0. The van der Waals surface area contributed by atoms with E-state index in [0.717, 1.165) is 34.0 Å². The van der Waals surface area contributed by atoms with E-state index in [9.17, 15) is 4.79 Å². The first kappa shape index (κ1) is 25.9. The summed E-state index contributed by atoms with van der Waals surface area (Å²) in [6.07, 6.45) is 1.82. The molecule has 0 aliphatic rings. The van der Waals surface area contributed by atoms with Gasteiger partial charge in [-0.3, -0.25) is 9.36 Å². The highest BCUT2D eigenvalue weighted by atomic mass is 79.9. The first-order chi connectivity index (χ1) is 17.2. The molecule has 0 saturated carbocycles. The van der Waals surface area contributed by atoms with Crippen LogP contribution < -0.4 is 15.0 Å². The highest BCUT2D eigenvalue weighted by Crippen LogP contribution is 2.30. The average Bonchev–Trinajstić information content (AvgIpc) is 2.87. The van der Waals surface area contributed by atoms with Gasteiger partial charge in [-0.15, -0.1) is 0 Å². The fourth-order valence-electron chi connectivity index (χ4n) is 3.73. The molecule has 9 heteroatoms. The van der Waals surface area contributed by atoms with Gasteiger partial charge in [-0.25, -0.2) is 9.97 Å². The Morgan fingerprint density at radius 1 is 1.11 bits per heavy atom. The van der Waals surface area contributed by atoms with Crippen LogP contribution in [-0.4, -0.2) is 26.6 Å². The molecule has 0 aliphatic carbocycles. The van der Waals surface area contributed by atoms with Gasteiger partial charge >= 0.3 is 0 Å². The summed E-state index contributed by atoms with van der Waals surface area (Å²) in [5.74, 6) is 2.30. The number of aromatic nitrogens is 4. The van der Waals surface area contributed by atoms with Gasteiger partial charge in [-0.05, 0) is 65.2 Å². The lowest BCUT2D eigenvalue weighted by Gasteiger charge is -2.16. The highest BCUT2D eigenvalue weighted by Gasteiger charge is 2.19. The number of hydrogen-bond donors (Lipinski definition) is 0. The summed E-state index contributed by atoms with van der Waals surface area (Å²) in [6, 6.07) is 13.0. The number of methoxy groups -OCH3 is 1. The van der Waals surface area contributed by atoms with Crippen molar-refractivity contribution in [1.29, 1.82) is 0 Å². The lowest BCUT2D eigenvalue weighted by Crippen LogP contribution is -2.24. The maximum absolute atomic E-state index is 13.4. The number of benzene rings is 2. The van der Waals surface area contributed by atoms with Crippen LogP contribution in [0, 0.1) is 13.8 Å². The Balaban J connectivity index is 1.73. The van der Waals surface area contributed by atoms with Gasteiger partial charge in [0.05, 0.1) is 23.5 Å². The summed E-state index contributed by atoms with van der Waals surface area (Å²) < 4.78 is 12.8. The van der Waals surface area contributed by atoms with Gasteiger partial charge in [0.2, 0.25) is 5.88 Å². The predicted octanol–water partition coefficient (Wildman–Crippen LogP) is 6.43. The van der Waals surface area contributed by atoms with Crippen LogP contribution in [0.15, 0.2) is 57.9 Å². The molecule has 2 aromatic heterocycles. The molecule has 2 aromatic carbocycles. The molecule has 0 spiro atoms. The van der Waals surface area contributed by atoms with E-state index >= 15 is 0 Å². The minimum Gasteiger partial charge on any atom is -0.497 e. The Bertz CT molecular complexity index is 1490. The smallest absolute Gasteiger partial charge is 0.276 e. The third-order valence-electron chi connectivity index (χ3n) is 5.64. The Hall–Kier alpha value is -3.23. The van der Waals surface area contributed by atoms with Gasteiger partial charge in [-0.1, -0.05) is 43.6 Å². The van der Waals surface area contributed by atoms with Crippen molar-refractivity contribution in [3.8, 4) is 28.6 Å². The van der Waals surface area contributed by atoms with Crippen molar-refractivity contribution in [2.45, 2.75) is 40.2 Å². The van der Waals surface area contributed by atoms with Crippen molar-refractivity contribution in [1.82, 2.24) is 19.5 Å². The number of halogens is 2. The molecule has 0 aliphatic heterocycles. The van der Waals surface area contributed by atoms with Crippen LogP contribution >= 0.6 is 27.5 Å². The summed E-state index contributed by atoms with van der Waals surface area (Å²) in [5.41, 5.74) is 3.62. The van der Waals surface area contributed by atoms with Crippen LogP contribution in [-0.2, 0) is 6.61 Å². The summed E-state index contributed by atoms with van der Waals surface area (Å²) in [7, 11) is 1.61. The molecule has 0 fully saturated rings. The lowest BCUT2D eigenvalue weighted by molar-refractivity contribution is 0.288. The Morgan fingerprint density at radius 3 is 2.61 bits per heavy atom. The fourth-order valence-corrected chi connectivity index (χ4v) is 4.32. The Morgan fingerprint density at radius 2 is 1.89 bits per heavy atom. The molecular formula is C27H26BrClN4O3. The zero-order valence-corrected chi connectivity index (χ0v) is 23.0. The average molecular weight is 570 g/mol. The Labute approximate surface area is 223 Å². The van der Waals surface area contributed by atoms with Gasteiger partial charge in [-0.2, -0.15) is 4.98 Å². The molecule has 0 unspecified atom stereocenters. The van der Waals surface area contributed by atoms with Gasteiger partial charge in [0.15, 0.2) is 0 Å². The summed E-state index contributed by atoms with van der Waals surface area (Å²) in [6.45, 7) is 8.02. The van der Waals surface area contributed by atoms with Gasteiger partial charge < -0.3 is 9.47 Å². The first-order valence-electron chi connectivity index (χ1n) is 11.4. The minimum atomic E-state index is -0.329. The number of ether oxygens (including phenoxy) is 2. The van der Waals surface area contributed by atoms with Gasteiger partial charge in [0.25, 0.3) is 5.56 Å². The standard InChI is InChI=1S/C27H26BrClN4O3/c1-15(2)25-30-13-16(3)24(32-25)19-9-10-21(29)22(12-19)33-17(4)31-26(23(28)27(33)34)36-14-18-7-6-8-20(11-18)35-5/h6-13,15H,14H2,1-5H3. The van der Waals surface area contributed by atoms with E-state index in [1.165, 1.54) is 4.57 Å². The van der Waals surface area contributed by atoms with Crippen LogP contribution in [0.5, 0.6) is 11.6 Å². The van der Waals surface area contributed by atoms with Crippen LogP contribution in [0.4, 0.5) is 0 Å². The van der Waals surface area contributed by atoms with E-state index in [1.54, 1.807) is 20.1 Å². The molecule has 36 heavy (non-hydrogen) atoms. The molecule has 0 saturated heterocycles. The maximum atomic E-state index is 13.4. The quantitative estimate of drug-likeness (QED) is 0.255. The molecule has 0 amide bonds. The molecule has 186 valence electrons. The third kappa shape index (κ3) is 5.29. The van der Waals surface area contributed by atoms with Gasteiger partial charge in [0.1, 0.15) is 28.5 Å². The molecule has 0 bridgehead atoms. The van der Waals surface area contributed by atoms with E-state index in [0.29, 0.717) is 16.5 Å². The third-order valence-corrected chi connectivity index (χ3v) is 6.64. The van der Waals surface area contributed by atoms with E-state index in [4.69, 9.17) is 26.1 Å². The van der Waals surface area contributed by atoms with Crippen LogP contribution in [0.3, 0.4) is 0 Å². The second-order valence-corrected chi connectivity index (χ2v) is 9.84. The molecule has 0 atom stereocenters. The minimum absolute atomic E-state index is 0.186. The van der Waals surface area contributed by atoms with Crippen molar-refractivity contribution >= 4 is 27.5 Å². The molecule has 7 nitrogen and oxygen atoms in total. The van der Waals surface area contributed by atoms with Crippen LogP contribution in [0.2, 0.25) is 5.02 Å². The zero-order valence-electron chi connectivity index (χ0n) is 20.7.